The number of hydrogen-bond donors (Lipinski definition) is 2. The normalized spacial score (nSPS) is 24.1. The maximum absolute atomic E-state index is 6.66. The van der Waals surface area contributed by atoms with E-state index < -0.39 is 0 Å². The van der Waals surface area contributed by atoms with E-state index in [-0.39, 0.29) is 5.41 Å². The van der Waals surface area contributed by atoms with Crippen LogP contribution in [0, 0.1) is 18.8 Å². The van der Waals surface area contributed by atoms with Gasteiger partial charge in [-0.2, -0.15) is 10.2 Å². The number of fused-ring (bicyclic) bond motifs is 3. The molecule has 7 rings (SSSR count). The fourth-order valence-corrected chi connectivity index (χ4v) is 7.18. The molecule has 34 heavy (non-hydrogen) atoms. The number of piperidine rings is 1. The Morgan fingerprint density at radius 3 is 3.03 bits per heavy atom. The van der Waals surface area contributed by atoms with Gasteiger partial charge in [0, 0.05) is 47.9 Å². The lowest BCUT2D eigenvalue weighted by atomic mass is 10.0. The largest absolute Gasteiger partial charge is 0.355 e. The summed E-state index contributed by atoms with van der Waals surface area (Å²) in [4.78, 5) is 16.7. The molecule has 5 aromatic rings. The third-order valence-corrected chi connectivity index (χ3v) is 9.08. The van der Waals surface area contributed by atoms with Crippen LogP contribution < -0.4 is 10.6 Å². The van der Waals surface area contributed by atoms with Crippen molar-refractivity contribution in [3.63, 3.8) is 0 Å². The number of aromatic amines is 1. The highest BCUT2D eigenvalue weighted by Gasteiger charge is 2.67. The van der Waals surface area contributed by atoms with Gasteiger partial charge in [-0.25, -0.2) is 19.5 Å². The summed E-state index contributed by atoms with van der Waals surface area (Å²) < 4.78 is 1.74. The first kappa shape index (κ1) is 20.3. The number of thiazole rings is 1. The van der Waals surface area contributed by atoms with E-state index in [1.807, 2.05) is 31.5 Å². The molecule has 1 aliphatic heterocycles. The molecule has 0 unspecified atom stereocenters. The summed E-state index contributed by atoms with van der Waals surface area (Å²) in [5.74, 6) is 1.94. The number of nitrogens with zero attached hydrogens (tertiary/aromatic N) is 7. The van der Waals surface area contributed by atoms with Gasteiger partial charge in [0.2, 0.25) is 0 Å². The fraction of sp³-hybridized carbons (Fsp3) is 0.348. The van der Waals surface area contributed by atoms with Crippen LogP contribution in [0.3, 0.4) is 0 Å². The zero-order valence-electron chi connectivity index (χ0n) is 18.4. The van der Waals surface area contributed by atoms with Crippen molar-refractivity contribution in [1.82, 2.24) is 34.8 Å². The molecule has 3 N–H and O–H groups in total. The van der Waals surface area contributed by atoms with Crippen LogP contribution in [0.4, 0.5) is 5.82 Å². The van der Waals surface area contributed by atoms with Crippen LogP contribution in [0.1, 0.15) is 17.1 Å². The molecule has 1 saturated carbocycles. The zero-order chi connectivity index (χ0) is 23.0. The Balaban J connectivity index is 1.20. The van der Waals surface area contributed by atoms with Crippen LogP contribution >= 0.6 is 22.9 Å². The molecule has 0 amide bonds. The van der Waals surface area contributed by atoms with Crippen LogP contribution in [0.25, 0.3) is 27.9 Å². The molecule has 2 fully saturated rings. The predicted octanol–water partition coefficient (Wildman–Crippen LogP) is 3.44. The van der Waals surface area contributed by atoms with Crippen molar-refractivity contribution in [3.8, 4) is 11.3 Å². The van der Waals surface area contributed by atoms with Crippen molar-refractivity contribution in [2.45, 2.75) is 18.8 Å². The number of rotatable bonds is 4. The predicted molar refractivity (Wildman–Crippen MR) is 132 cm³/mol. The van der Waals surface area contributed by atoms with Crippen LogP contribution in [0.2, 0.25) is 5.02 Å². The molecule has 6 heterocycles. The Hall–Kier alpha value is -3.08. The van der Waals surface area contributed by atoms with E-state index in [1.165, 1.54) is 5.01 Å². The van der Waals surface area contributed by atoms with E-state index in [0.29, 0.717) is 40.3 Å². The summed E-state index contributed by atoms with van der Waals surface area (Å²) in [6.07, 6.45) is 6.51. The number of nitrogens with one attached hydrogen (secondary N) is 1. The average molecular weight is 492 g/mol. The van der Waals surface area contributed by atoms with Gasteiger partial charge < -0.3 is 10.6 Å². The second-order valence-corrected chi connectivity index (χ2v) is 10.4. The molecular formula is C23H22ClN9S. The zero-order valence-corrected chi connectivity index (χ0v) is 20.0. The number of H-pyrrole nitrogens is 1. The van der Waals surface area contributed by atoms with Crippen molar-refractivity contribution in [1.29, 1.82) is 0 Å². The van der Waals surface area contributed by atoms with Gasteiger partial charge in [-0.3, -0.25) is 5.10 Å². The van der Waals surface area contributed by atoms with Gasteiger partial charge in [-0.05, 0) is 37.3 Å². The molecule has 172 valence electrons. The van der Waals surface area contributed by atoms with E-state index in [2.05, 4.69) is 25.6 Å². The molecule has 0 radical (unpaired) electrons. The first-order valence-corrected chi connectivity index (χ1v) is 12.6. The first-order valence-electron chi connectivity index (χ1n) is 11.3. The Morgan fingerprint density at radius 2 is 2.21 bits per heavy atom. The van der Waals surface area contributed by atoms with Crippen LogP contribution in [-0.2, 0) is 5.41 Å². The van der Waals surface area contributed by atoms with Gasteiger partial charge in [-0.1, -0.05) is 11.6 Å². The highest BCUT2D eigenvalue weighted by molar-refractivity contribution is 7.09. The van der Waals surface area contributed by atoms with Gasteiger partial charge in [0.05, 0.1) is 22.9 Å². The monoisotopic (exact) mass is 491 g/mol. The molecule has 9 nitrogen and oxygen atoms in total. The lowest BCUT2D eigenvalue weighted by Gasteiger charge is -2.26. The lowest BCUT2D eigenvalue weighted by Crippen LogP contribution is -2.32. The summed E-state index contributed by atoms with van der Waals surface area (Å²) in [6.45, 7) is 4.52. The second-order valence-electron chi connectivity index (χ2n) is 9.19. The molecule has 3 atom stereocenters. The Morgan fingerprint density at radius 1 is 1.29 bits per heavy atom. The maximum atomic E-state index is 6.66. The Bertz CT molecular complexity index is 1550. The first-order chi connectivity index (χ1) is 16.6. The van der Waals surface area contributed by atoms with Gasteiger partial charge in [0.25, 0.3) is 0 Å². The third kappa shape index (κ3) is 2.73. The van der Waals surface area contributed by atoms with Crippen molar-refractivity contribution in [2.24, 2.45) is 17.6 Å². The summed E-state index contributed by atoms with van der Waals surface area (Å²) >= 11 is 8.40. The SMILES string of the molecule is Cc1csc([C@@]2(CN)[C@@H]3CCN(c4cnc5c(-c6ccn7nccc7c6Cl)n[nH]c5n4)C[C@@H]32)n1. The second kappa shape index (κ2) is 7.21. The molecule has 11 heteroatoms. The van der Waals surface area contributed by atoms with E-state index in [1.54, 1.807) is 22.0 Å². The van der Waals surface area contributed by atoms with Crippen molar-refractivity contribution in [2.75, 3.05) is 24.5 Å². The smallest absolute Gasteiger partial charge is 0.177 e. The van der Waals surface area contributed by atoms with E-state index in [4.69, 9.17) is 32.3 Å². The van der Waals surface area contributed by atoms with Gasteiger partial charge in [0.15, 0.2) is 5.65 Å². The number of hydrogen-bond acceptors (Lipinski definition) is 8. The maximum Gasteiger partial charge on any atom is 0.177 e. The highest BCUT2D eigenvalue weighted by Crippen LogP contribution is 2.63. The number of halogens is 1. The lowest BCUT2D eigenvalue weighted by molar-refractivity contribution is 0.545. The fourth-order valence-electron chi connectivity index (χ4n) is 5.74. The average Bonchev–Trinajstić information content (AvgIpc) is 3.32. The number of pyridine rings is 1. The topological polar surface area (TPSA) is 114 Å². The Kier molecular flexibility index (Phi) is 4.31. The summed E-state index contributed by atoms with van der Waals surface area (Å²) in [5, 5.41) is 15.7. The molecule has 0 bridgehead atoms. The molecule has 1 aliphatic carbocycles. The third-order valence-electron chi connectivity index (χ3n) is 7.53. The van der Waals surface area contributed by atoms with Gasteiger partial charge in [0.1, 0.15) is 22.0 Å². The number of aryl methyl sites for hydroxylation is 1. The molecule has 5 aromatic heterocycles. The number of anilines is 1. The van der Waals surface area contributed by atoms with E-state index in [9.17, 15) is 0 Å². The van der Waals surface area contributed by atoms with E-state index in [0.717, 1.165) is 42.1 Å². The van der Waals surface area contributed by atoms with Gasteiger partial charge in [-0.15, -0.1) is 11.3 Å². The van der Waals surface area contributed by atoms with Crippen LogP contribution in [0.5, 0.6) is 0 Å². The summed E-state index contributed by atoms with van der Waals surface area (Å²) in [6, 6.07) is 3.78. The quantitative estimate of drug-likeness (QED) is 0.395. The highest BCUT2D eigenvalue weighted by atomic mass is 35.5. The van der Waals surface area contributed by atoms with Crippen LogP contribution in [-0.4, -0.2) is 54.4 Å². The molecule has 1 saturated heterocycles. The van der Waals surface area contributed by atoms with Crippen molar-refractivity contribution < 1.29 is 0 Å². The number of aromatic nitrogens is 7. The summed E-state index contributed by atoms with van der Waals surface area (Å²) in [7, 11) is 0. The molecule has 0 spiro atoms. The number of nitrogens with two attached hydrogens (primary N) is 1. The standard InChI is InChI=1S/C23H22ClN9S/c1-12-10-34-22(28-12)23(11-25)14-4-6-32(9-15(14)23)17-8-26-20-19(30-31-21(20)29-17)13-3-7-33-16(18(13)24)2-5-27-33/h2-3,5,7-8,10,14-15H,4,6,9,11,25H2,1H3,(H,29,30,31)/t14-,15+,23+/m1/s1. The van der Waals surface area contributed by atoms with Crippen molar-refractivity contribution >= 4 is 45.4 Å². The summed E-state index contributed by atoms with van der Waals surface area (Å²) in [5.41, 5.74) is 11.1. The van der Waals surface area contributed by atoms with E-state index >= 15 is 0 Å². The molecule has 0 aromatic carbocycles. The minimum absolute atomic E-state index is 0.00935. The Labute approximate surface area is 204 Å². The minimum Gasteiger partial charge on any atom is -0.355 e. The molecule has 2 aliphatic rings. The minimum atomic E-state index is 0.00935. The van der Waals surface area contributed by atoms with Crippen LogP contribution in [0.15, 0.2) is 36.1 Å². The van der Waals surface area contributed by atoms with Crippen molar-refractivity contribution in [3.05, 3.63) is 51.8 Å². The van der Waals surface area contributed by atoms with Gasteiger partial charge >= 0.3 is 0 Å². The molecular weight excluding hydrogens is 470 g/mol.